The van der Waals surface area contributed by atoms with Crippen LogP contribution in [0.25, 0.3) is 0 Å². The van der Waals surface area contributed by atoms with Gasteiger partial charge in [0.2, 0.25) is 0 Å². The predicted octanol–water partition coefficient (Wildman–Crippen LogP) is 3.50. The van der Waals surface area contributed by atoms with Gasteiger partial charge in [-0.05, 0) is 35.7 Å². The van der Waals surface area contributed by atoms with Crippen molar-refractivity contribution in [3.63, 3.8) is 0 Å². The highest BCUT2D eigenvalue weighted by Gasteiger charge is 2.17. The van der Waals surface area contributed by atoms with Gasteiger partial charge in [0.25, 0.3) is 0 Å². The van der Waals surface area contributed by atoms with Gasteiger partial charge in [-0.2, -0.15) is 0 Å². The second-order valence-electron chi connectivity index (χ2n) is 4.34. The minimum atomic E-state index is -0.680. The van der Waals surface area contributed by atoms with Crippen LogP contribution in [0, 0.1) is 17.5 Å². The van der Waals surface area contributed by atoms with Crippen molar-refractivity contribution in [1.29, 1.82) is 0 Å². The number of hydrazine groups is 1. The lowest BCUT2D eigenvalue weighted by Crippen LogP contribution is -2.30. The van der Waals surface area contributed by atoms with Gasteiger partial charge in [-0.1, -0.05) is 23.7 Å². The Morgan fingerprint density at radius 1 is 1.10 bits per heavy atom. The van der Waals surface area contributed by atoms with Crippen LogP contribution in [-0.4, -0.2) is 0 Å². The number of nitrogens with two attached hydrogens (primary N) is 1. The Hall–Kier alpha value is -1.56. The van der Waals surface area contributed by atoms with Gasteiger partial charge in [0.1, 0.15) is 17.5 Å². The van der Waals surface area contributed by atoms with Crippen LogP contribution in [0.1, 0.15) is 17.2 Å². The maximum absolute atomic E-state index is 13.4. The second-order valence-corrected chi connectivity index (χ2v) is 4.72. The summed E-state index contributed by atoms with van der Waals surface area (Å²) >= 11 is 5.88. The minimum Gasteiger partial charge on any atom is -0.271 e. The lowest BCUT2D eigenvalue weighted by Gasteiger charge is -2.18. The molecule has 0 aliphatic rings. The molecule has 2 aromatic carbocycles. The molecule has 0 heterocycles. The van der Waals surface area contributed by atoms with Gasteiger partial charge in [-0.25, -0.2) is 13.2 Å². The van der Waals surface area contributed by atoms with E-state index in [0.29, 0.717) is 11.1 Å². The van der Waals surface area contributed by atoms with E-state index in [0.717, 1.165) is 6.07 Å². The summed E-state index contributed by atoms with van der Waals surface area (Å²) in [4.78, 5) is 0. The van der Waals surface area contributed by atoms with Crippen LogP contribution in [0.3, 0.4) is 0 Å². The van der Waals surface area contributed by atoms with Crippen molar-refractivity contribution in [3.05, 3.63) is 70.0 Å². The molecule has 20 heavy (non-hydrogen) atoms. The summed E-state index contributed by atoms with van der Waals surface area (Å²) in [5, 5.41) is -0.0627. The number of hydrogen-bond acceptors (Lipinski definition) is 2. The van der Waals surface area contributed by atoms with Crippen molar-refractivity contribution in [2.45, 2.75) is 12.5 Å². The zero-order valence-corrected chi connectivity index (χ0v) is 11.1. The third kappa shape index (κ3) is 3.30. The smallest absolute Gasteiger partial charge is 0.142 e. The van der Waals surface area contributed by atoms with E-state index in [2.05, 4.69) is 5.43 Å². The lowest BCUT2D eigenvalue weighted by molar-refractivity contribution is 0.535. The SMILES string of the molecule is NNC(Cc1cc(F)cc(F)c1)c1cccc(F)c1Cl. The highest BCUT2D eigenvalue weighted by atomic mass is 35.5. The molecule has 0 saturated carbocycles. The molecule has 1 atom stereocenters. The topological polar surface area (TPSA) is 38.0 Å². The summed E-state index contributed by atoms with van der Waals surface area (Å²) in [6.07, 6.45) is 0.175. The molecule has 0 spiro atoms. The molecular weight excluding hydrogens is 289 g/mol. The van der Waals surface area contributed by atoms with Crippen LogP contribution in [0.5, 0.6) is 0 Å². The fourth-order valence-corrected chi connectivity index (χ4v) is 2.27. The third-order valence-corrected chi connectivity index (χ3v) is 3.32. The molecule has 6 heteroatoms. The Kier molecular flexibility index (Phi) is 4.65. The first-order valence-corrected chi connectivity index (χ1v) is 6.24. The first-order chi connectivity index (χ1) is 9.51. The summed E-state index contributed by atoms with van der Waals surface area (Å²) in [6, 6.07) is 6.93. The maximum Gasteiger partial charge on any atom is 0.142 e. The molecule has 0 amide bonds. The third-order valence-electron chi connectivity index (χ3n) is 2.92. The number of hydrogen-bond donors (Lipinski definition) is 2. The maximum atomic E-state index is 13.4. The highest BCUT2D eigenvalue weighted by molar-refractivity contribution is 6.31. The normalized spacial score (nSPS) is 12.4. The van der Waals surface area contributed by atoms with Crippen LogP contribution < -0.4 is 11.3 Å². The summed E-state index contributed by atoms with van der Waals surface area (Å²) in [5.41, 5.74) is 3.30. The lowest BCUT2D eigenvalue weighted by atomic mass is 9.99. The summed E-state index contributed by atoms with van der Waals surface area (Å²) in [5.74, 6) is 3.50. The van der Waals surface area contributed by atoms with E-state index in [1.165, 1.54) is 24.3 Å². The van der Waals surface area contributed by atoms with Crippen LogP contribution in [0.2, 0.25) is 5.02 Å². The van der Waals surface area contributed by atoms with Crippen molar-refractivity contribution < 1.29 is 13.2 Å². The van der Waals surface area contributed by atoms with Gasteiger partial charge in [0.05, 0.1) is 11.1 Å². The number of benzene rings is 2. The van der Waals surface area contributed by atoms with E-state index in [9.17, 15) is 13.2 Å². The van der Waals surface area contributed by atoms with E-state index in [-0.39, 0.29) is 11.4 Å². The van der Waals surface area contributed by atoms with E-state index in [4.69, 9.17) is 17.4 Å². The number of rotatable bonds is 4. The standard InChI is InChI=1S/C14H12ClF3N2/c15-14-11(2-1-3-12(14)18)13(20-19)6-8-4-9(16)7-10(17)5-8/h1-5,7,13,20H,6,19H2. The van der Waals surface area contributed by atoms with Gasteiger partial charge in [0.15, 0.2) is 0 Å². The van der Waals surface area contributed by atoms with Crippen LogP contribution >= 0.6 is 11.6 Å². The average Bonchev–Trinajstić information content (AvgIpc) is 2.38. The van der Waals surface area contributed by atoms with Crippen molar-refractivity contribution in [1.82, 2.24) is 5.43 Å². The highest BCUT2D eigenvalue weighted by Crippen LogP contribution is 2.27. The van der Waals surface area contributed by atoms with Crippen molar-refractivity contribution in [2.75, 3.05) is 0 Å². The zero-order valence-electron chi connectivity index (χ0n) is 10.3. The molecule has 3 N–H and O–H groups in total. The van der Waals surface area contributed by atoms with Crippen molar-refractivity contribution >= 4 is 11.6 Å². The van der Waals surface area contributed by atoms with Crippen molar-refractivity contribution in [3.8, 4) is 0 Å². The Morgan fingerprint density at radius 2 is 1.75 bits per heavy atom. The Balaban J connectivity index is 2.31. The Labute approximate surface area is 119 Å². The molecule has 0 bridgehead atoms. The molecule has 0 radical (unpaired) electrons. The van der Waals surface area contributed by atoms with Crippen LogP contribution in [0.15, 0.2) is 36.4 Å². The van der Waals surface area contributed by atoms with Gasteiger partial charge in [0, 0.05) is 6.07 Å². The zero-order chi connectivity index (χ0) is 14.7. The number of nitrogens with one attached hydrogen (secondary N) is 1. The molecule has 106 valence electrons. The Morgan fingerprint density at radius 3 is 2.35 bits per heavy atom. The van der Waals surface area contributed by atoms with E-state index < -0.39 is 23.5 Å². The summed E-state index contributed by atoms with van der Waals surface area (Å²) in [7, 11) is 0. The summed E-state index contributed by atoms with van der Waals surface area (Å²) < 4.78 is 39.7. The van der Waals surface area contributed by atoms with Gasteiger partial charge < -0.3 is 0 Å². The fourth-order valence-electron chi connectivity index (χ4n) is 2.01. The van der Waals surface area contributed by atoms with E-state index >= 15 is 0 Å². The molecule has 2 aromatic rings. The van der Waals surface area contributed by atoms with Gasteiger partial charge >= 0.3 is 0 Å². The molecule has 0 fully saturated rings. The molecule has 0 aliphatic carbocycles. The molecule has 2 nitrogen and oxygen atoms in total. The first kappa shape index (κ1) is 14.8. The largest absolute Gasteiger partial charge is 0.271 e. The van der Waals surface area contributed by atoms with Gasteiger partial charge in [-0.15, -0.1) is 0 Å². The van der Waals surface area contributed by atoms with Crippen LogP contribution in [-0.2, 0) is 6.42 Å². The number of halogens is 4. The molecule has 0 saturated heterocycles. The quantitative estimate of drug-likeness (QED) is 0.670. The van der Waals surface area contributed by atoms with Crippen molar-refractivity contribution in [2.24, 2.45) is 5.84 Å². The van der Waals surface area contributed by atoms with Crippen LogP contribution in [0.4, 0.5) is 13.2 Å². The fraction of sp³-hybridized carbons (Fsp3) is 0.143. The second kappa shape index (κ2) is 6.26. The van der Waals surface area contributed by atoms with E-state index in [1.807, 2.05) is 0 Å². The Bertz CT molecular complexity index is 599. The van der Waals surface area contributed by atoms with Gasteiger partial charge in [-0.3, -0.25) is 11.3 Å². The molecule has 2 rings (SSSR count). The first-order valence-electron chi connectivity index (χ1n) is 5.86. The summed E-state index contributed by atoms with van der Waals surface area (Å²) in [6.45, 7) is 0. The molecular formula is C14H12ClF3N2. The average molecular weight is 301 g/mol. The molecule has 0 aromatic heterocycles. The van der Waals surface area contributed by atoms with E-state index in [1.54, 1.807) is 6.07 Å². The minimum absolute atomic E-state index is 0.0627. The molecule has 1 unspecified atom stereocenters. The predicted molar refractivity (Wildman–Crippen MR) is 71.5 cm³/mol. The monoisotopic (exact) mass is 300 g/mol. The molecule has 0 aliphatic heterocycles.